The monoisotopic (exact) mass is 425 g/mol. The molecule has 1 fully saturated rings. The summed E-state index contributed by atoms with van der Waals surface area (Å²) < 4.78 is 16.0. The Labute approximate surface area is 180 Å². The third kappa shape index (κ3) is 3.80. The van der Waals surface area contributed by atoms with Crippen molar-refractivity contribution in [2.24, 2.45) is 5.73 Å². The Morgan fingerprint density at radius 2 is 1.93 bits per heavy atom. The maximum Gasteiger partial charge on any atom is 0.207 e. The largest absolute Gasteiger partial charge is 0.340 e. The van der Waals surface area contributed by atoms with Crippen molar-refractivity contribution in [2.75, 3.05) is 18.0 Å². The predicted octanol–water partition coefficient (Wildman–Crippen LogP) is 3.08. The lowest BCUT2D eigenvalue weighted by Crippen LogP contribution is -2.50. The average molecular weight is 426 g/mol. The molecule has 1 saturated heterocycles. The molecular weight excluding hydrogens is 405 g/mol. The predicted molar refractivity (Wildman–Crippen MR) is 114 cm³/mol. The van der Waals surface area contributed by atoms with E-state index in [0.717, 1.165) is 11.2 Å². The van der Waals surface area contributed by atoms with Gasteiger partial charge in [-0.1, -0.05) is 0 Å². The molecule has 4 rings (SSSR count). The van der Waals surface area contributed by atoms with Gasteiger partial charge in [-0.2, -0.15) is 10.5 Å². The summed E-state index contributed by atoms with van der Waals surface area (Å²) in [4.78, 5) is 11.2. The number of hydrogen-bond donors (Lipinski definition) is 1. The van der Waals surface area contributed by atoms with Gasteiger partial charge in [0.2, 0.25) is 5.95 Å². The molecule has 3 aromatic rings. The van der Waals surface area contributed by atoms with Gasteiger partial charge in [-0.25, -0.2) is 9.37 Å². The van der Waals surface area contributed by atoms with Crippen LogP contribution in [-0.4, -0.2) is 39.8 Å². The standard InChI is InChI=1S/C21H20FN7.ClH/c1-13(18-4-2-15(10-24)11-26-18)29-20-5-3-14(9-23)8-19(20)27-21(29)28-7-6-16(22)17(25)12-28;/h2-5,8,11,13,16-17H,6-7,12,25H2,1H3;1H/t13-,16-,17-;/m1./s1. The van der Waals surface area contributed by atoms with Crippen molar-refractivity contribution in [1.82, 2.24) is 14.5 Å². The number of nitrogens with zero attached hydrogens (tertiary/aromatic N) is 6. The molecular formula is C21H21ClFN7. The molecule has 1 aliphatic rings. The second-order valence-corrected chi connectivity index (χ2v) is 7.27. The molecule has 0 bridgehead atoms. The summed E-state index contributed by atoms with van der Waals surface area (Å²) in [5.41, 5.74) is 9.31. The van der Waals surface area contributed by atoms with E-state index < -0.39 is 12.2 Å². The lowest BCUT2D eigenvalue weighted by atomic mass is 10.1. The van der Waals surface area contributed by atoms with E-state index in [1.807, 2.05) is 28.5 Å². The topological polar surface area (TPSA) is 108 Å². The van der Waals surface area contributed by atoms with Gasteiger partial charge in [-0.15, -0.1) is 12.4 Å². The zero-order valence-electron chi connectivity index (χ0n) is 16.4. The maximum atomic E-state index is 13.9. The number of aromatic nitrogens is 3. The molecule has 0 saturated carbocycles. The summed E-state index contributed by atoms with van der Waals surface area (Å²) in [6, 6.07) is 12.4. The molecule has 0 amide bonds. The first-order valence-corrected chi connectivity index (χ1v) is 9.44. The summed E-state index contributed by atoms with van der Waals surface area (Å²) >= 11 is 0. The first-order chi connectivity index (χ1) is 14.0. The minimum Gasteiger partial charge on any atom is -0.340 e. The number of pyridine rings is 1. The molecule has 2 N–H and O–H groups in total. The fraction of sp³-hybridized carbons (Fsp3) is 0.333. The lowest BCUT2D eigenvalue weighted by molar-refractivity contribution is 0.243. The molecule has 1 aliphatic heterocycles. The van der Waals surface area contributed by atoms with Gasteiger partial charge < -0.3 is 15.2 Å². The van der Waals surface area contributed by atoms with Gasteiger partial charge in [0.1, 0.15) is 12.2 Å². The van der Waals surface area contributed by atoms with Gasteiger partial charge in [0.25, 0.3) is 0 Å². The number of benzene rings is 1. The Hall–Kier alpha value is -3.20. The Bertz CT molecular complexity index is 1130. The molecule has 1 aromatic carbocycles. The van der Waals surface area contributed by atoms with E-state index in [1.54, 1.807) is 24.4 Å². The molecule has 3 heterocycles. The van der Waals surface area contributed by atoms with Crippen molar-refractivity contribution in [1.29, 1.82) is 10.5 Å². The van der Waals surface area contributed by atoms with Crippen LogP contribution in [-0.2, 0) is 0 Å². The number of halogens is 2. The highest BCUT2D eigenvalue weighted by Gasteiger charge is 2.30. The molecule has 30 heavy (non-hydrogen) atoms. The highest BCUT2D eigenvalue weighted by atomic mass is 35.5. The van der Waals surface area contributed by atoms with Crippen molar-refractivity contribution >= 4 is 29.4 Å². The van der Waals surface area contributed by atoms with E-state index in [2.05, 4.69) is 17.1 Å². The molecule has 0 unspecified atom stereocenters. The number of fused-ring (bicyclic) bond motifs is 1. The SMILES string of the molecule is C[C@H](c1ccc(C#N)cn1)n1c(N2CC[C@@H](F)[C@H](N)C2)nc2cc(C#N)ccc21.Cl. The second kappa shape index (κ2) is 8.66. The van der Waals surface area contributed by atoms with Crippen LogP contribution in [0.3, 0.4) is 0 Å². The number of alkyl halides is 1. The van der Waals surface area contributed by atoms with E-state index in [-0.39, 0.29) is 18.4 Å². The highest BCUT2D eigenvalue weighted by molar-refractivity contribution is 5.85. The maximum absolute atomic E-state index is 13.9. The molecule has 0 aliphatic carbocycles. The van der Waals surface area contributed by atoms with E-state index >= 15 is 0 Å². The van der Waals surface area contributed by atoms with Gasteiger partial charge in [-0.05, 0) is 43.7 Å². The summed E-state index contributed by atoms with van der Waals surface area (Å²) in [5, 5.41) is 18.3. The van der Waals surface area contributed by atoms with E-state index in [0.29, 0.717) is 42.1 Å². The van der Waals surface area contributed by atoms with Crippen LogP contribution < -0.4 is 10.6 Å². The summed E-state index contributed by atoms with van der Waals surface area (Å²) in [5.74, 6) is 0.677. The minimum absolute atomic E-state index is 0. The van der Waals surface area contributed by atoms with Crippen molar-refractivity contribution in [3.8, 4) is 12.1 Å². The van der Waals surface area contributed by atoms with E-state index in [9.17, 15) is 9.65 Å². The van der Waals surface area contributed by atoms with Crippen LogP contribution in [0.4, 0.5) is 10.3 Å². The molecule has 0 radical (unpaired) electrons. The van der Waals surface area contributed by atoms with Gasteiger partial charge in [0.05, 0.1) is 46.0 Å². The first kappa shape index (κ1) is 21.5. The third-order valence-electron chi connectivity index (χ3n) is 5.38. The van der Waals surface area contributed by atoms with Crippen LogP contribution in [0.1, 0.15) is 36.2 Å². The number of nitriles is 2. The van der Waals surface area contributed by atoms with Gasteiger partial charge in [-0.3, -0.25) is 4.98 Å². The fourth-order valence-electron chi connectivity index (χ4n) is 3.75. The van der Waals surface area contributed by atoms with Crippen molar-refractivity contribution in [3.63, 3.8) is 0 Å². The summed E-state index contributed by atoms with van der Waals surface area (Å²) in [6.07, 6.45) is 0.868. The molecule has 0 spiro atoms. The van der Waals surface area contributed by atoms with Crippen molar-refractivity contribution in [2.45, 2.75) is 31.6 Å². The number of rotatable bonds is 3. The lowest BCUT2D eigenvalue weighted by Gasteiger charge is -2.34. The minimum atomic E-state index is -1.02. The Morgan fingerprint density at radius 3 is 2.57 bits per heavy atom. The summed E-state index contributed by atoms with van der Waals surface area (Å²) in [6.45, 7) is 2.87. The number of anilines is 1. The van der Waals surface area contributed by atoms with Crippen LogP contribution in [0.25, 0.3) is 11.0 Å². The molecule has 7 nitrogen and oxygen atoms in total. The highest BCUT2D eigenvalue weighted by Crippen LogP contribution is 2.32. The van der Waals surface area contributed by atoms with E-state index in [4.69, 9.17) is 16.0 Å². The van der Waals surface area contributed by atoms with Crippen LogP contribution >= 0.6 is 12.4 Å². The normalized spacial score (nSPS) is 19.6. The number of hydrogen-bond acceptors (Lipinski definition) is 6. The third-order valence-corrected chi connectivity index (χ3v) is 5.38. The zero-order valence-corrected chi connectivity index (χ0v) is 17.2. The molecule has 154 valence electrons. The van der Waals surface area contributed by atoms with Crippen LogP contribution in [0.2, 0.25) is 0 Å². The fourth-order valence-corrected chi connectivity index (χ4v) is 3.75. The first-order valence-electron chi connectivity index (χ1n) is 9.44. The summed E-state index contributed by atoms with van der Waals surface area (Å²) in [7, 11) is 0. The Morgan fingerprint density at radius 1 is 1.20 bits per heavy atom. The smallest absolute Gasteiger partial charge is 0.207 e. The van der Waals surface area contributed by atoms with Gasteiger partial charge in [0.15, 0.2) is 0 Å². The van der Waals surface area contributed by atoms with Crippen molar-refractivity contribution in [3.05, 3.63) is 53.3 Å². The van der Waals surface area contributed by atoms with Gasteiger partial charge in [0, 0.05) is 19.3 Å². The molecule has 9 heteroatoms. The quantitative estimate of drug-likeness (QED) is 0.690. The van der Waals surface area contributed by atoms with E-state index in [1.165, 1.54) is 0 Å². The average Bonchev–Trinajstić information content (AvgIpc) is 3.13. The molecule has 2 aromatic heterocycles. The van der Waals surface area contributed by atoms with Gasteiger partial charge >= 0.3 is 0 Å². The zero-order chi connectivity index (χ0) is 20.5. The number of imidazole rings is 1. The number of nitrogens with two attached hydrogens (primary N) is 1. The number of piperidine rings is 1. The van der Waals surface area contributed by atoms with Crippen LogP contribution in [0.5, 0.6) is 0 Å². The Kier molecular flexibility index (Phi) is 6.21. The van der Waals surface area contributed by atoms with Crippen LogP contribution in [0.15, 0.2) is 36.5 Å². The second-order valence-electron chi connectivity index (χ2n) is 7.27. The van der Waals surface area contributed by atoms with Crippen molar-refractivity contribution < 1.29 is 4.39 Å². The van der Waals surface area contributed by atoms with Crippen LogP contribution in [0, 0.1) is 22.7 Å². The Balaban J connectivity index is 0.00000256. The molecule has 3 atom stereocenters.